The second-order valence-electron chi connectivity index (χ2n) is 6.73. The molecule has 1 amide bonds. The Hall–Kier alpha value is -3.52. The summed E-state index contributed by atoms with van der Waals surface area (Å²) in [5.74, 6) is -0.806. The summed E-state index contributed by atoms with van der Waals surface area (Å²) < 4.78 is 11.9. The number of benzene rings is 2. The molecule has 0 bridgehead atoms. The second kappa shape index (κ2) is 9.80. The van der Waals surface area contributed by atoms with Gasteiger partial charge in [-0.3, -0.25) is 4.79 Å². The molecule has 8 nitrogen and oxygen atoms in total. The van der Waals surface area contributed by atoms with Crippen LogP contribution in [-0.2, 0) is 16.1 Å². The molecule has 0 saturated heterocycles. The van der Waals surface area contributed by atoms with Crippen LogP contribution in [0.15, 0.2) is 48.5 Å². The molecule has 1 heterocycles. The molecule has 0 aliphatic rings. The van der Waals surface area contributed by atoms with Gasteiger partial charge in [-0.2, -0.15) is 0 Å². The lowest BCUT2D eigenvalue weighted by atomic mass is 10.2. The number of carbonyl (C=O) groups is 2. The van der Waals surface area contributed by atoms with Crippen molar-refractivity contribution in [1.29, 1.82) is 0 Å². The summed E-state index contributed by atoms with van der Waals surface area (Å²) in [4.78, 5) is 24.7. The number of esters is 1. The fourth-order valence-corrected chi connectivity index (χ4v) is 2.80. The van der Waals surface area contributed by atoms with Crippen LogP contribution in [-0.4, -0.2) is 40.6 Å². The maximum Gasteiger partial charge on any atom is 0.338 e. The summed E-state index contributed by atoms with van der Waals surface area (Å²) in [5.41, 5.74) is 3.57. The zero-order valence-corrected chi connectivity index (χ0v) is 17.2. The molecule has 0 saturated carbocycles. The van der Waals surface area contributed by atoms with Crippen LogP contribution in [0.3, 0.4) is 0 Å². The molecule has 0 atom stereocenters. The Balaban J connectivity index is 1.78. The van der Waals surface area contributed by atoms with Gasteiger partial charge in [-0.05, 0) is 49.7 Å². The Bertz CT molecular complexity index is 1010. The molecular weight excluding hydrogens is 384 g/mol. The SMILES string of the molecule is CCCOC(=O)c1ccc(NC(=O)c2nnn(-c3ccc(C)cc3)c2COC)cc1. The third-order valence-corrected chi connectivity index (χ3v) is 4.35. The van der Waals surface area contributed by atoms with Crippen LogP contribution >= 0.6 is 0 Å². The van der Waals surface area contributed by atoms with Crippen LogP contribution in [0.5, 0.6) is 0 Å². The highest BCUT2D eigenvalue weighted by molar-refractivity contribution is 6.03. The molecule has 0 fully saturated rings. The predicted octanol–water partition coefficient (Wildman–Crippen LogP) is 3.54. The maximum atomic E-state index is 12.8. The summed E-state index contributed by atoms with van der Waals surface area (Å²) in [6.07, 6.45) is 0.757. The quantitative estimate of drug-likeness (QED) is 0.573. The molecule has 1 N–H and O–H groups in total. The lowest BCUT2D eigenvalue weighted by Crippen LogP contribution is -2.16. The van der Waals surface area contributed by atoms with E-state index in [1.807, 2.05) is 38.1 Å². The highest BCUT2D eigenvalue weighted by Gasteiger charge is 2.21. The van der Waals surface area contributed by atoms with Gasteiger partial charge in [0.2, 0.25) is 0 Å². The number of nitrogens with zero attached hydrogens (tertiary/aromatic N) is 3. The molecule has 3 aromatic rings. The van der Waals surface area contributed by atoms with Gasteiger partial charge in [0.25, 0.3) is 5.91 Å². The van der Waals surface area contributed by atoms with E-state index in [4.69, 9.17) is 9.47 Å². The first-order valence-corrected chi connectivity index (χ1v) is 9.62. The van der Waals surface area contributed by atoms with Gasteiger partial charge in [-0.1, -0.05) is 29.8 Å². The second-order valence-corrected chi connectivity index (χ2v) is 6.73. The third kappa shape index (κ3) is 4.90. The smallest absolute Gasteiger partial charge is 0.338 e. The standard InChI is InChI=1S/C22H24N4O4/c1-4-13-30-22(28)16-7-9-17(10-8-16)23-21(27)20-19(14-29-3)26(25-24-20)18-11-5-15(2)6-12-18/h5-12H,4,13-14H2,1-3H3,(H,23,27). The molecule has 0 aliphatic carbocycles. The molecule has 3 rings (SSSR count). The number of aromatic nitrogens is 3. The van der Waals surface area contributed by atoms with Crippen molar-refractivity contribution in [2.75, 3.05) is 19.0 Å². The predicted molar refractivity (Wildman–Crippen MR) is 112 cm³/mol. The average molecular weight is 408 g/mol. The van der Waals surface area contributed by atoms with E-state index < -0.39 is 11.9 Å². The van der Waals surface area contributed by atoms with Crippen LogP contribution in [0.1, 0.15) is 45.4 Å². The summed E-state index contributed by atoms with van der Waals surface area (Å²) in [5, 5.41) is 11.0. The fourth-order valence-electron chi connectivity index (χ4n) is 2.80. The van der Waals surface area contributed by atoms with Crippen molar-refractivity contribution in [3.63, 3.8) is 0 Å². The number of methoxy groups -OCH3 is 1. The molecule has 0 unspecified atom stereocenters. The van der Waals surface area contributed by atoms with E-state index in [0.717, 1.165) is 17.7 Å². The molecule has 0 radical (unpaired) electrons. The lowest BCUT2D eigenvalue weighted by molar-refractivity contribution is 0.0505. The summed E-state index contributed by atoms with van der Waals surface area (Å²) in [6.45, 7) is 4.47. The number of rotatable bonds is 8. The van der Waals surface area contributed by atoms with Gasteiger partial charge in [0.1, 0.15) is 5.69 Å². The first-order chi connectivity index (χ1) is 14.5. The minimum absolute atomic E-state index is 0.170. The van der Waals surface area contributed by atoms with E-state index in [0.29, 0.717) is 23.6 Å². The molecule has 30 heavy (non-hydrogen) atoms. The number of ether oxygens (including phenoxy) is 2. The Morgan fingerprint density at radius 1 is 1.07 bits per heavy atom. The van der Waals surface area contributed by atoms with E-state index in [9.17, 15) is 9.59 Å². The first-order valence-electron chi connectivity index (χ1n) is 9.62. The lowest BCUT2D eigenvalue weighted by Gasteiger charge is -2.09. The van der Waals surface area contributed by atoms with Gasteiger partial charge in [-0.15, -0.1) is 5.10 Å². The van der Waals surface area contributed by atoms with Crippen LogP contribution < -0.4 is 5.32 Å². The topological polar surface area (TPSA) is 95.3 Å². The Labute approximate surface area is 174 Å². The number of anilines is 1. The van der Waals surface area contributed by atoms with Gasteiger partial charge in [-0.25, -0.2) is 9.48 Å². The number of hydrogen-bond acceptors (Lipinski definition) is 6. The van der Waals surface area contributed by atoms with Crippen LogP contribution in [0.2, 0.25) is 0 Å². The number of carbonyl (C=O) groups excluding carboxylic acids is 2. The van der Waals surface area contributed by atoms with E-state index in [1.54, 1.807) is 36.1 Å². The Morgan fingerprint density at radius 3 is 2.40 bits per heavy atom. The van der Waals surface area contributed by atoms with Crippen molar-refractivity contribution in [2.45, 2.75) is 26.9 Å². The monoisotopic (exact) mass is 408 g/mol. The molecule has 156 valence electrons. The van der Waals surface area contributed by atoms with E-state index in [1.165, 1.54) is 0 Å². The molecule has 1 aromatic heterocycles. The van der Waals surface area contributed by atoms with Gasteiger partial charge in [0, 0.05) is 12.8 Å². The minimum Gasteiger partial charge on any atom is -0.462 e. The van der Waals surface area contributed by atoms with Gasteiger partial charge in [0.15, 0.2) is 5.69 Å². The molecule has 8 heteroatoms. The first kappa shape index (κ1) is 21.2. The maximum absolute atomic E-state index is 12.8. The van der Waals surface area contributed by atoms with Gasteiger partial charge in [0.05, 0.1) is 24.5 Å². The van der Waals surface area contributed by atoms with Crippen molar-refractivity contribution in [3.8, 4) is 5.69 Å². The van der Waals surface area contributed by atoms with Crippen LogP contribution in [0.4, 0.5) is 5.69 Å². The van der Waals surface area contributed by atoms with E-state index in [2.05, 4.69) is 15.6 Å². The van der Waals surface area contributed by atoms with Crippen molar-refractivity contribution < 1.29 is 19.1 Å². The number of amides is 1. The highest BCUT2D eigenvalue weighted by Crippen LogP contribution is 2.17. The zero-order valence-electron chi connectivity index (χ0n) is 17.2. The molecule has 0 spiro atoms. The Morgan fingerprint density at radius 2 is 1.77 bits per heavy atom. The highest BCUT2D eigenvalue weighted by atomic mass is 16.5. The fraction of sp³-hybridized carbons (Fsp3) is 0.273. The van der Waals surface area contributed by atoms with Crippen LogP contribution in [0.25, 0.3) is 5.69 Å². The van der Waals surface area contributed by atoms with E-state index in [-0.39, 0.29) is 12.3 Å². The van der Waals surface area contributed by atoms with Crippen LogP contribution in [0, 0.1) is 6.92 Å². The summed E-state index contributed by atoms with van der Waals surface area (Å²) in [6, 6.07) is 14.2. The van der Waals surface area contributed by atoms with E-state index >= 15 is 0 Å². The number of hydrogen-bond donors (Lipinski definition) is 1. The average Bonchev–Trinajstić information content (AvgIpc) is 3.17. The van der Waals surface area contributed by atoms with Gasteiger partial charge < -0.3 is 14.8 Å². The van der Waals surface area contributed by atoms with Crippen molar-refractivity contribution in [3.05, 3.63) is 71.0 Å². The Kier molecular flexibility index (Phi) is 6.92. The molecular formula is C22H24N4O4. The minimum atomic E-state index is -0.415. The van der Waals surface area contributed by atoms with Crippen molar-refractivity contribution in [2.24, 2.45) is 0 Å². The molecule has 2 aromatic carbocycles. The third-order valence-electron chi connectivity index (χ3n) is 4.35. The largest absolute Gasteiger partial charge is 0.462 e. The number of aryl methyl sites for hydroxylation is 1. The van der Waals surface area contributed by atoms with Crippen molar-refractivity contribution >= 4 is 17.6 Å². The van der Waals surface area contributed by atoms with Gasteiger partial charge >= 0.3 is 5.97 Å². The summed E-state index contributed by atoms with van der Waals surface area (Å²) in [7, 11) is 1.55. The number of nitrogens with one attached hydrogen (secondary N) is 1. The summed E-state index contributed by atoms with van der Waals surface area (Å²) >= 11 is 0. The molecule has 0 aliphatic heterocycles. The normalized spacial score (nSPS) is 10.6. The van der Waals surface area contributed by atoms with Crippen molar-refractivity contribution in [1.82, 2.24) is 15.0 Å². The zero-order chi connectivity index (χ0) is 21.5.